The first-order valence-corrected chi connectivity index (χ1v) is 5.31. The first kappa shape index (κ1) is 11.2. The Kier molecular flexibility index (Phi) is 4.14. The minimum Gasteiger partial charge on any atom is -0.348 e. The van der Waals surface area contributed by atoms with Gasteiger partial charge in [0, 0.05) is 18.3 Å². The molecule has 1 aromatic heterocycles. The van der Waals surface area contributed by atoms with Gasteiger partial charge in [-0.05, 0) is 26.2 Å². The molecule has 0 saturated heterocycles. The lowest BCUT2D eigenvalue weighted by molar-refractivity contribution is 0.439. The molecule has 0 aliphatic carbocycles. The number of nitrogens with one attached hydrogen (secondary N) is 2. The molecular weight excluding hydrogens is 174 g/mol. The van der Waals surface area contributed by atoms with E-state index in [1.165, 1.54) is 6.42 Å². The van der Waals surface area contributed by atoms with Crippen LogP contribution in [0.2, 0.25) is 0 Å². The summed E-state index contributed by atoms with van der Waals surface area (Å²) in [7, 11) is 0. The van der Waals surface area contributed by atoms with Crippen LogP contribution in [0.3, 0.4) is 0 Å². The highest BCUT2D eigenvalue weighted by Crippen LogP contribution is 2.05. The fourth-order valence-corrected chi connectivity index (χ4v) is 1.63. The maximum absolute atomic E-state index is 4.25. The topological polar surface area (TPSA) is 40.7 Å². The van der Waals surface area contributed by atoms with E-state index < -0.39 is 0 Å². The van der Waals surface area contributed by atoms with Gasteiger partial charge in [-0.2, -0.15) is 0 Å². The van der Waals surface area contributed by atoms with Gasteiger partial charge in [-0.15, -0.1) is 0 Å². The van der Waals surface area contributed by atoms with Gasteiger partial charge in [-0.3, -0.25) is 0 Å². The number of aromatic nitrogens is 2. The molecule has 3 heteroatoms. The average molecular weight is 195 g/mol. The zero-order valence-corrected chi connectivity index (χ0v) is 9.59. The quantitative estimate of drug-likeness (QED) is 0.756. The zero-order valence-electron chi connectivity index (χ0n) is 9.59. The molecule has 0 saturated carbocycles. The van der Waals surface area contributed by atoms with E-state index in [1.807, 2.05) is 0 Å². The lowest BCUT2D eigenvalue weighted by atomic mass is 10.1. The summed E-state index contributed by atoms with van der Waals surface area (Å²) in [4.78, 5) is 7.33. The van der Waals surface area contributed by atoms with Crippen LogP contribution in [0.1, 0.15) is 38.6 Å². The number of imidazole rings is 1. The van der Waals surface area contributed by atoms with Crippen molar-refractivity contribution in [3.8, 4) is 0 Å². The number of H-pyrrole nitrogens is 1. The normalized spacial score (nSPS) is 13.5. The van der Waals surface area contributed by atoms with Crippen LogP contribution in [0.4, 0.5) is 0 Å². The molecule has 1 heterocycles. The third kappa shape index (κ3) is 3.50. The second kappa shape index (κ2) is 5.15. The molecule has 0 bridgehead atoms. The first-order valence-electron chi connectivity index (χ1n) is 5.31. The molecule has 1 rings (SSSR count). The third-order valence-corrected chi connectivity index (χ3v) is 2.38. The Morgan fingerprint density at radius 1 is 1.43 bits per heavy atom. The summed E-state index contributed by atoms with van der Waals surface area (Å²) in [6, 6.07) is 0.561. The molecule has 0 unspecified atom stereocenters. The number of nitrogens with zero attached hydrogens (tertiary/aromatic N) is 1. The van der Waals surface area contributed by atoms with Crippen LogP contribution in [0, 0.1) is 12.8 Å². The van der Waals surface area contributed by atoms with Gasteiger partial charge in [-0.1, -0.05) is 13.8 Å². The van der Waals surface area contributed by atoms with Gasteiger partial charge >= 0.3 is 0 Å². The molecule has 0 amide bonds. The van der Waals surface area contributed by atoms with Crippen LogP contribution in [0.25, 0.3) is 0 Å². The molecule has 0 radical (unpaired) electrons. The highest BCUT2D eigenvalue weighted by molar-refractivity contribution is 5.08. The van der Waals surface area contributed by atoms with Crippen molar-refractivity contribution < 1.29 is 0 Å². The van der Waals surface area contributed by atoms with Crippen LogP contribution < -0.4 is 5.32 Å². The summed E-state index contributed by atoms with van der Waals surface area (Å²) in [5.41, 5.74) is 2.29. The number of hydrogen-bond donors (Lipinski definition) is 2. The Bertz CT molecular complexity index is 265. The number of aromatic amines is 1. The largest absolute Gasteiger partial charge is 0.348 e. The SMILES string of the molecule is Cc1[nH]cnc1CN[C@@H](C)CC(C)C. The molecule has 1 aromatic rings. The zero-order chi connectivity index (χ0) is 10.6. The first-order chi connectivity index (χ1) is 6.59. The fraction of sp³-hybridized carbons (Fsp3) is 0.727. The highest BCUT2D eigenvalue weighted by atomic mass is 15.0. The van der Waals surface area contributed by atoms with Crippen LogP contribution in [-0.4, -0.2) is 16.0 Å². The van der Waals surface area contributed by atoms with Crippen molar-refractivity contribution in [2.75, 3.05) is 0 Å². The molecule has 0 aliphatic rings. The van der Waals surface area contributed by atoms with E-state index in [9.17, 15) is 0 Å². The van der Waals surface area contributed by atoms with Crippen LogP contribution >= 0.6 is 0 Å². The van der Waals surface area contributed by atoms with Gasteiger partial charge < -0.3 is 10.3 Å². The van der Waals surface area contributed by atoms with Crippen LogP contribution in [0.5, 0.6) is 0 Å². The molecule has 1 atom stereocenters. The summed E-state index contributed by atoms with van der Waals surface area (Å²) in [5.74, 6) is 0.748. The average Bonchev–Trinajstić information content (AvgIpc) is 2.46. The molecule has 14 heavy (non-hydrogen) atoms. The molecule has 0 aromatic carbocycles. The number of hydrogen-bond acceptors (Lipinski definition) is 2. The smallest absolute Gasteiger partial charge is 0.0925 e. The predicted molar refractivity (Wildman–Crippen MR) is 59.1 cm³/mol. The van der Waals surface area contributed by atoms with E-state index in [1.54, 1.807) is 6.33 Å². The van der Waals surface area contributed by atoms with Crippen molar-refractivity contribution >= 4 is 0 Å². The Balaban J connectivity index is 2.30. The predicted octanol–water partition coefficient (Wildman–Crippen LogP) is 2.24. The van der Waals surface area contributed by atoms with Crippen molar-refractivity contribution in [1.29, 1.82) is 0 Å². The van der Waals surface area contributed by atoms with Crippen molar-refractivity contribution in [2.24, 2.45) is 5.92 Å². The summed E-state index contributed by atoms with van der Waals surface area (Å²) >= 11 is 0. The highest BCUT2D eigenvalue weighted by Gasteiger charge is 2.06. The molecule has 0 aliphatic heterocycles. The van der Waals surface area contributed by atoms with E-state index in [0.717, 1.165) is 23.9 Å². The van der Waals surface area contributed by atoms with Gasteiger partial charge in [0.1, 0.15) is 0 Å². The Morgan fingerprint density at radius 2 is 2.14 bits per heavy atom. The molecule has 0 fully saturated rings. The summed E-state index contributed by atoms with van der Waals surface area (Å²) in [5, 5.41) is 3.47. The van der Waals surface area contributed by atoms with Crippen molar-refractivity contribution in [3.05, 3.63) is 17.7 Å². The van der Waals surface area contributed by atoms with Gasteiger partial charge in [-0.25, -0.2) is 4.98 Å². The molecule has 2 N–H and O–H groups in total. The summed E-state index contributed by atoms with van der Waals surface area (Å²) in [6.45, 7) is 9.64. The van der Waals surface area contributed by atoms with Gasteiger partial charge in [0.2, 0.25) is 0 Å². The van der Waals surface area contributed by atoms with E-state index in [0.29, 0.717) is 6.04 Å². The maximum atomic E-state index is 4.25. The van der Waals surface area contributed by atoms with Crippen molar-refractivity contribution in [1.82, 2.24) is 15.3 Å². The second-order valence-corrected chi connectivity index (χ2v) is 4.39. The Morgan fingerprint density at radius 3 is 2.64 bits per heavy atom. The fourth-order valence-electron chi connectivity index (χ4n) is 1.63. The minimum absolute atomic E-state index is 0.561. The molecule has 3 nitrogen and oxygen atoms in total. The maximum Gasteiger partial charge on any atom is 0.0925 e. The third-order valence-electron chi connectivity index (χ3n) is 2.38. The van der Waals surface area contributed by atoms with Crippen LogP contribution in [-0.2, 0) is 6.54 Å². The lowest BCUT2D eigenvalue weighted by Gasteiger charge is -2.15. The van der Waals surface area contributed by atoms with E-state index in [-0.39, 0.29) is 0 Å². The lowest BCUT2D eigenvalue weighted by Crippen LogP contribution is -2.27. The van der Waals surface area contributed by atoms with E-state index in [2.05, 4.69) is 43.0 Å². The standard InChI is InChI=1S/C11H21N3/c1-8(2)5-9(3)12-6-11-10(4)13-7-14-11/h7-9,12H,5-6H2,1-4H3,(H,13,14)/t9-/m0/s1. The van der Waals surface area contributed by atoms with Crippen molar-refractivity contribution in [3.63, 3.8) is 0 Å². The monoisotopic (exact) mass is 195 g/mol. The van der Waals surface area contributed by atoms with Gasteiger partial charge in [0.25, 0.3) is 0 Å². The van der Waals surface area contributed by atoms with Crippen molar-refractivity contribution in [2.45, 2.75) is 46.7 Å². The van der Waals surface area contributed by atoms with E-state index >= 15 is 0 Å². The molecule has 80 valence electrons. The second-order valence-electron chi connectivity index (χ2n) is 4.39. The van der Waals surface area contributed by atoms with E-state index in [4.69, 9.17) is 0 Å². The summed E-state index contributed by atoms with van der Waals surface area (Å²) < 4.78 is 0. The molecule has 0 spiro atoms. The van der Waals surface area contributed by atoms with Gasteiger partial charge in [0.15, 0.2) is 0 Å². The Labute approximate surface area is 86.3 Å². The molecular formula is C11H21N3. The number of aryl methyl sites for hydroxylation is 1. The van der Waals surface area contributed by atoms with Gasteiger partial charge in [0.05, 0.1) is 12.0 Å². The Hall–Kier alpha value is -0.830. The van der Waals surface area contributed by atoms with Crippen LogP contribution in [0.15, 0.2) is 6.33 Å². The summed E-state index contributed by atoms with van der Waals surface area (Å²) in [6.07, 6.45) is 2.96. The minimum atomic E-state index is 0.561. The number of rotatable bonds is 5.